The fourth-order valence-corrected chi connectivity index (χ4v) is 3.49. The third-order valence-corrected chi connectivity index (χ3v) is 4.71. The molecule has 4 aromatic rings. The molecule has 0 bridgehead atoms. The Kier molecular flexibility index (Phi) is 4.50. The molecule has 0 saturated carbocycles. The number of hydrogen-bond acceptors (Lipinski definition) is 3. The lowest BCUT2D eigenvalue weighted by Crippen LogP contribution is -2.25. The predicted molar refractivity (Wildman–Crippen MR) is 107 cm³/mol. The van der Waals surface area contributed by atoms with E-state index in [0.29, 0.717) is 13.1 Å². The summed E-state index contributed by atoms with van der Waals surface area (Å²) in [6.45, 7) is 0.970. The van der Waals surface area contributed by atoms with Crippen LogP contribution in [-0.4, -0.2) is 29.4 Å². The van der Waals surface area contributed by atoms with Gasteiger partial charge < -0.3 is 19.7 Å². The molecule has 0 unspecified atom stereocenters. The average molecular weight is 346 g/mol. The van der Waals surface area contributed by atoms with Crippen LogP contribution in [0.3, 0.4) is 0 Å². The van der Waals surface area contributed by atoms with E-state index in [1.165, 1.54) is 10.8 Å². The summed E-state index contributed by atoms with van der Waals surface area (Å²) in [4.78, 5) is 0. The standard InChI is InChI=1S/C22H22N2O2/c1-26-22-13-7-4-10-19(22)23-14-16(25)15-24-20-11-5-2-8-17(20)18-9-3-6-12-21(18)24/h2-13,16,23,25H,14-15H2,1H3/t16-/m0/s1. The number of ether oxygens (including phenoxy) is 1. The zero-order valence-corrected chi connectivity index (χ0v) is 14.7. The number of nitrogens with one attached hydrogen (secondary N) is 1. The minimum absolute atomic E-state index is 0.446. The van der Waals surface area contributed by atoms with Gasteiger partial charge in [0, 0.05) is 28.4 Å². The number of aliphatic hydroxyl groups excluding tert-OH is 1. The number of aromatic nitrogens is 1. The maximum atomic E-state index is 10.6. The minimum atomic E-state index is -0.529. The molecule has 0 fully saturated rings. The molecule has 3 aromatic carbocycles. The number of anilines is 1. The van der Waals surface area contributed by atoms with Gasteiger partial charge in [0.1, 0.15) is 5.75 Å². The normalized spacial score (nSPS) is 12.4. The molecule has 132 valence electrons. The fraction of sp³-hybridized carbons (Fsp3) is 0.182. The van der Waals surface area contributed by atoms with Crippen LogP contribution in [0.1, 0.15) is 0 Å². The van der Waals surface area contributed by atoms with Crippen molar-refractivity contribution in [3.8, 4) is 5.75 Å². The lowest BCUT2D eigenvalue weighted by Gasteiger charge is -2.17. The molecule has 2 N–H and O–H groups in total. The lowest BCUT2D eigenvalue weighted by molar-refractivity contribution is 0.169. The largest absolute Gasteiger partial charge is 0.495 e. The molecule has 0 radical (unpaired) electrons. The van der Waals surface area contributed by atoms with Crippen LogP contribution in [0.5, 0.6) is 5.75 Å². The number of rotatable bonds is 6. The van der Waals surface area contributed by atoms with Crippen LogP contribution in [0.25, 0.3) is 21.8 Å². The Labute approximate surface area is 152 Å². The Bertz CT molecular complexity index is 985. The summed E-state index contributed by atoms with van der Waals surface area (Å²) in [7, 11) is 1.65. The SMILES string of the molecule is COc1ccccc1NC[C@H](O)Cn1c2ccccc2c2ccccc21. The van der Waals surface area contributed by atoms with Crippen LogP contribution in [0, 0.1) is 0 Å². The van der Waals surface area contributed by atoms with E-state index in [1.54, 1.807) is 7.11 Å². The lowest BCUT2D eigenvalue weighted by atomic mass is 10.2. The van der Waals surface area contributed by atoms with Gasteiger partial charge in [0.15, 0.2) is 0 Å². The Hall–Kier alpha value is -2.98. The highest BCUT2D eigenvalue weighted by Crippen LogP contribution is 2.29. The second-order valence-electron chi connectivity index (χ2n) is 6.38. The highest BCUT2D eigenvalue weighted by molar-refractivity contribution is 6.07. The van der Waals surface area contributed by atoms with Crippen LogP contribution in [0.4, 0.5) is 5.69 Å². The van der Waals surface area contributed by atoms with Crippen molar-refractivity contribution in [2.75, 3.05) is 19.0 Å². The molecule has 4 rings (SSSR count). The van der Waals surface area contributed by atoms with E-state index < -0.39 is 6.10 Å². The number of hydrogen-bond donors (Lipinski definition) is 2. The van der Waals surface area contributed by atoms with Gasteiger partial charge in [0.05, 0.1) is 25.4 Å². The summed E-state index contributed by atoms with van der Waals surface area (Å²) in [5.41, 5.74) is 3.17. The first-order chi connectivity index (χ1) is 12.8. The smallest absolute Gasteiger partial charge is 0.141 e. The van der Waals surface area contributed by atoms with Crippen molar-refractivity contribution in [3.63, 3.8) is 0 Å². The van der Waals surface area contributed by atoms with E-state index in [9.17, 15) is 5.11 Å². The fourth-order valence-electron chi connectivity index (χ4n) is 3.49. The molecule has 1 atom stereocenters. The Morgan fingerprint density at radius 2 is 1.46 bits per heavy atom. The van der Waals surface area contributed by atoms with E-state index in [1.807, 2.05) is 36.4 Å². The molecular weight excluding hydrogens is 324 g/mol. The first kappa shape index (κ1) is 16.5. The van der Waals surface area contributed by atoms with Gasteiger partial charge in [-0.1, -0.05) is 48.5 Å². The summed E-state index contributed by atoms with van der Waals surface area (Å²) in [5.74, 6) is 0.775. The molecule has 1 aromatic heterocycles. The van der Waals surface area contributed by atoms with Crippen LogP contribution < -0.4 is 10.1 Å². The average Bonchev–Trinajstić information content (AvgIpc) is 3.01. The van der Waals surface area contributed by atoms with E-state index in [-0.39, 0.29) is 0 Å². The van der Waals surface area contributed by atoms with Crippen LogP contribution in [-0.2, 0) is 6.54 Å². The molecule has 0 aliphatic rings. The van der Waals surface area contributed by atoms with E-state index in [4.69, 9.17) is 4.74 Å². The van der Waals surface area contributed by atoms with Gasteiger partial charge >= 0.3 is 0 Å². The first-order valence-electron chi connectivity index (χ1n) is 8.79. The van der Waals surface area contributed by atoms with Gasteiger partial charge in [0.25, 0.3) is 0 Å². The van der Waals surface area contributed by atoms with E-state index in [0.717, 1.165) is 22.5 Å². The van der Waals surface area contributed by atoms with Crippen molar-refractivity contribution < 1.29 is 9.84 Å². The maximum absolute atomic E-state index is 10.6. The molecule has 0 aliphatic carbocycles. The summed E-state index contributed by atoms with van der Waals surface area (Å²) in [6, 6.07) is 24.4. The van der Waals surface area contributed by atoms with Crippen LogP contribution >= 0.6 is 0 Å². The minimum Gasteiger partial charge on any atom is -0.495 e. The highest BCUT2D eigenvalue weighted by Gasteiger charge is 2.13. The van der Waals surface area contributed by atoms with E-state index >= 15 is 0 Å². The van der Waals surface area contributed by atoms with Gasteiger partial charge in [-0.25, -0.2) is 0 Å². The maximum Gasteiger partial charge on any atom is 0.141 e. The number of benzene rings is 3. The van der Waals surface area contributed by atoms with E-state index in [2.05, 4.69) is 46.3 Å². The number of nitrogens with zero attached hydrogens (tertiary/aromatic N) is 1. The van der Waals surface area contributed by atoms with Crippen molar-refractivity contribution in [2.24, 2.45) is 0 Å². The zero-order valence-electron chi connectivity index (χ0n) is 14.7. The molecule has 0 spiro atoms. The number of methoxy groups -OCH3 is 1. The topological polar surface area (TPSA) is 46.4 Å². The summed E-state index contributed by atoms with van der Waals surface area (Å²) in [5, 5.41) is 16.4. The number of para-hydroxylation sites is 4. The summed E-state index contributed by atoms with van der Waals surface area (Å²) >= 11 is 0. The van der Waals surface area contributed by atoms with Crippen molar-refractivity contribution in [3.05, 3.63) is 72.8 Å². The van der Waals surface area contributed by atoms with Gasteiger partial charge in [-0.05, 0) is 24.3 Å². The van der Waals surface area contributed by atoms with Gasteiger partial charge in [-0.15, -0.1) is 0 Å². The van der Waals surface area contributed by atoms with Gasteiger partial charge in [-0.3, -0.25) is 0 Å². The molecule has 26 heavy (non-hydrogen) atoms. The third-order valence-electron chi connectivity index (χ3n) is 4.71. The second kappa shape index (κ2) is 7.10. The van der Waals surface area contributed by atoms with Gasteiger partial charge in [0.2, 0.25) is 0 Å². The monoisotopic (exact) mass is 346 g/mol. The second-order valence-corrected chi connectivity index (χ2v) is 6.38. The molecule has 0 aliphatic heterocycles. The van der Waals surface area contributed by atoms with Crippen molar-refractivity contribution in [1.82, 2.24) is 4.57 Å². The molecule has 4 nitrogen and oxygen atoms in total. The number of fused-ring (bicyclic) bond motifs is 3. The Morgan fingerprint density at radius 1 is 0.885 bits per heavy atom. The Morgan fingerprint density at radius 3 is 2.12 bits per heavy atom. The molecule has 0 saturated heterocycles. The first-order valence-corrected chi connectivity index (χ1v) is 8.79. The third kappa shape index (κ3) is 3.00. The quantitative estimate of drug-likeness (QED) is 0.548. The van der Waals surface area contributed by atoms with Crippen molar-refractivity contribution >= 4 is 27.5 Å². The van der Waals surface area contributed by atoms with Crippen molar-refractivity contribution in [1.29, 1.82) is 0 Å². The molecule has 0 amide bonds. The summed E-state index contributed by atoms with van der Waals surface area (Å²) in [6.07, 6.45) is -0.529. The van der Waals surface area contributed by atoms with Crippen LogP contribution in [0.2, 0.25) is 0 Å². The molecule has 4 heteroatoms. The number of aliphatic hydroxyl groups is 1. The molecule has 1 heterocycles. The summed E-state index contributed by atoms with van der Waals surface area (Å²) < 4.78 is 7.54. The predicted octanol–water partition coefficient (Wildman–Crippen LogP) is 4.28. The zero-order chi connectivity index (χ0) is 17.9. The van der Waals surface area contributed by atoms with Gasteiger partial charge in [-0.2, -0.15) is 0 Å². The molecular formula is C22H22N2O2. The van der Waals surface area contributed by atoms with Crippen molar-refractivity contribution in [2.45, 2.75) is 12.6 Å². The van der Waals surface area contributed by atoms with Crippen LogP contribution in [0.15, 0.2) is 72.8 Å². The highest BCUT2D eigenvalue weighted by atomic mass is 16.5. The Balaban J connectivity index is 1.58.